The van der Waals surface area contributed by atoms with Crippen molar-refractivity contribution in [2.75, 3.05) is 0 Å². The van der Waals surface area contributed by atoms with E-state index in [4.69, 9.17) is 0 Å². The van der Waals surface area contributed by atoms with E-state index >= 15 is 0 Å². The summed E-state index contributed by atoms with van der Waals surface area (Å²) in [7, 11) is 1.85. The van der Waals surface area contributed by atoms with Crippen LogP contribution in [-0.2, 0) is 12.5 Å². The van der Waals surface area contributed by atoms with Crippen molar-refractivity contribution in [1.82, 2.24) is 9.78 Å². The van der Waals surface area contributed by atoms with Gasteiger partial charge in [-0.1, -0.05) is 30.3 Å². The molecule has 0 amide bonds. The smallest absolute Gasteiger partial charge is 0.107 e. The SMILES string of the molecule is Cn1cc(C(C)(C#N)c2ccccc2)cn1. The van der Waals surface area contributed by atoms with Crippen LogP contribution in [0.3, 0.4) is 0 Å². The molecule has 0 spiro atoms. The number of hydrogen-bond donors (Lipinski definition) is 0. The van der Waals surface area contributed by atoms with Crippen LogP contribution >= 0.6 is 0 Å². The summed E-state index contributed by atoms with van der Waals surface area (Å²) in [6.45, 7) is 1.92. The van der Waals surface area contributed by atoms with E-state index in [0.29, 0.717) is 0 Å². The van der Waals surface area contributed by atoms with Gasteiger partial charge in [0.25, 0.3) is 0 Å². The molecule has 1 heterocycles. The van der Waals surface area contributed by atoms with E-state index in [9.17, 15) is 5.26 Å². The minimum Gasteiger partial charge on any atom is -0.275 e. The van der Waals surface area contributed by atoms with Gasteiger partial charge in [0.05, 0.1) is 12.3 Å². The number of aromatic nitrogens is 2. The summed E-state index contributed by atoms with van der Waals surface area (Å²) in [5.74, 6) is 0. The number of nitriles is 1. The van der Waals surface area contributed by atoms with Gasteiger partial charge >= 0.3 is 0 Å². The highest BCUT2D eigenvalue weighted by Gasteiger charge is 2.29. The zero-order valence-electron chi connectivity index (χ0n) is 9.38. The minimum atomic E-state index is -0.629. The molecule has 0 saturated carbocycles. The molecule has 80 valence electrons. The van der Waals surface area contributed by atoms with Crippen molar-refractivity contribution in [2.45, 2.75) is 12.3 Å². The Balaban J connectivity index is 2.53. The zero-order chi connectivity index (χ0) is 11.6. The molecular formula is C13H13N3. The number of benzene rings is 1. The molecule has 1 atom stereocenters. The fourth-order valence-electron chi connectivity index (χ4n) is 1.75. The molecule has 1 aromatic carbocycles. The maximum atomic E-state index is 9.41. The lowest BCUT2D eigenvalue weighted by Crippen LogP contribution is -2.20. The quantitative estimate of drug-likeness (QED) is 0.764. The first-order chi connectivity index (χ1) is 7.66. The van der Waals surface area contributed by atoms with E-state index in [1.54, 1.807) is 10.9 Å². The second-order valence-electron chi connectivity index (χ2n) is 4.01. The molecule has 0 bridgehead atoms. The molecule has 1 unspecified atom stereocenters. The van der Waals surface area contributed by atoms with Gasteiger partial charge in [0.2, 0.25) is 0 Å². The fraction of sp³-hybridized carbons (Fsp3) is 0.231. The Kier molecular flexibility index (Phi) is 2.49. The Morgan fingerprint density at radius 3 is 2.44 bits per heavy atom. The van der Waals surface area contributed by atoms with Gasteiger partial charge < -0.3 is 0 Å². The zero-order valence-corrected chi connectivity index (χ0v) is 9.38. The molecule has 0 saturated heterocycles. The normalized spacial score (nSPS) is 14.1. The molecule has 16 heavy (non-hydrogen) atoms. The van der Waals surface area contributed by atoms with Crippen LogP contribution in [0.15, 0.2) is 42.7 Å². The summed E-state index contributed by atoms with van der Waals surface area (Å²) in [6, 6.07) is 12.1. The van der Waals surface area contributed by atoms with Crippen LogP contribution in [-0.4, -0.2) is 9.78 Å². The first-order valence-corrected chi connectivity index (χ1v) is 5.13. The summed E-state index contributed by atoms with van der Waals surface area (Å²) in [5.41, 5.74) is 1.28. The molecule has 0 aliphatic carbocycles. The predicted molar refractivity (Wildman–Crippen MR) is 61.7 cm³/mol. The number of rotatable bonds is 2. The summed E-state index contributed by atoms with van der Waals surface area (Å²) in [5, 5.41) is 13.5. The van der Waals surface area contributed by atoms with Gasteiger partial charge in [-0.3, -0.25) is 4.68 Å². The van der Waals surface area contributed by atoms with E-state index in [1.807, 2.05) is 50.5 Å². The van der Waals surface area contributed by atoms with Crippen LogP contribution in [0.4, 0.5) is 0 Å². The maximum absolute atomic E-state index is 9.41. The van der Waals surface area contributed by atoms with Crippen molar-refractivity contribution in [3.63, 3.8) is 0 Å². The van der Waals surface area contributed by atoms with E-state index in [-0.39, 0.29) is 0 Å². The molecule has 0 aliphatic heterocycles. The van der Waals surface area contributed by atoms with Crippen LogP contribution in [0.1, 0.15) is 18.1 Å². The number of nitrogens with zero attached hydrogens (tertiary/aromatic N) is 3. The molecule has 0 radical (unpaired) electrons. The van der Waals surface area contributed by atoms with Gasteiger partial charge in [-0.25, -0.2) is 0 Å². The van der Waals surface area contributed by atoms with Crippen LogP contribution in [0.2, 0.25) is 0 Å². The second-order valence-corrected chi connectivity index (χ2v) is 4.01. The van der Waals surface area contributed by atoms with Gasteiger partial charge in [-0.15, -0.1) is 0 Å². The Morgan fingerprint density at radius 1 is 1.25 bits per heavy atom. The topological polar surface area (TPSA) is 41.6 Å². The van der Waals surface area contributed by atoms with Crippen molar-refractivity contribution >= 4 is 0 Å². The van der Waals surface area contributed by atoms with Crippen molar-refractivity contribution in [2.24, 2.45) is 7.05 Å². The molecule has 3 nitrogen and oxygen atoms in total. The molecule has 3 heteroatoms. The summed E-state index contributed by atoms with van der Waals surface area (Å²) >= 11 is 0. The van der Waals surface area contributed by atoms with Gasteiger partial charge in [0, 0.05) is 18.8 Å². The Hall–Kier alpha value is -2.08. The lowest BCUT2D eigenvalue weighted by Gasteiger charge is -2.20. The third-order valence-corrected chi connectivity index (χ3v) is 2.86. The average Bonchev–Trinajstić information content (AvgIpc) is 2.76. The molecular weight excluding hydrogens is 198 g/mol. The molecule has 0 N–H and O–H groups in total. The first kappa shape index (κ1) is 10.4. The van der Waals surface area contributed by atoms with Gasteiger partial charge in [0.15, 0.2) is 0 Å². The van der Waals surface area contributed by atoms with E-state index in [1.165, 1.54) is 0 Å². The minimum absolute atomic E-state index is 0.629. The lowest BCUT2D eigenvalue weighted by molar-refractivity contribution is 0.732. The summed E-state index contributed by atoms with van der Waals surface area (Å²) < 4.78 is 1.72. The van der Waals surface area contributed by atoms with Crippen LogP contribution in [0.5, 0.6) is 0 Å². The fourth-order valence-corrected chi connectivity index (χ4v) is 1.75. The third-order valence-electron chi connectivity index (χ3n) is 2.86. The van der Waals surface area contributed by atoms with E-state index in [0.717, 1.165) is 11.1 Å². The molecule has 1 aromatic heterocycles. The molecule has 2 rings (SSSR count). The monoisotopic (exact) mass is 211 g/mol. The average molecular weight is 211 g/mol. The molecule has 0 fully saturated rings. The summed E-state index contributed by atoms with van der Waals surface area (Å²) in [6.07, 6.45) is 3.63. The molecule has 2 aromatic rings. The van der Waals surface area contributed by atoms with Gasteiger partial charge in [0.1, 0.15) is 5.41 Å². The maximum Gasteiger partial charge on any atom is 0.107 e. The van der Waals surface area contributed by atoms with Gasteiger partial charge in [-0.05, 0) is 12.5 Å². The lowest BCUT2D eigenvalue weighted by atomic mass is 9.79. The standard InChI is InChI=1S/C13H13N3/c1-13(10-14,11-6-4-3-5-7-11)12-8-15-16(2)9-12/h3-9H,1-2H3. The van der Waals surface area contributed by atoms with Crippen molar-refractivity contribution < 1.29 is 0 Å². The molecule has 0 aliphatic rings. The van der Waals surface area contributed by atoms with Crippen molar-refractivity contribution in [3.8, 4) is 6.07 Å². The third kappa shape index (κ3) is 1.59. The van der Waals surface area contributed by atoms with Crippen molar-refractivity contribution in [1.29, 1.82) is 5.26 Å². The van der Waals surface area contributed by atoms with Crippen molar-refractivity contribution in [3.05, 3.63) is 53.9 Å². The Bertz CT molecular complexity index is 522. The highest BCUT2D eigenvalue weighted by molar-refractivity contribution is 5.42. The van der Waals surface area contributed by atoms with E-state index < -0.39 is 5.41 Å². The number of aryl methyl sites for hydroxylation is 1. The predicted octanol–water partition coefficient (Wildman–Crippen LogP) is 2.25. The largest absolute Gasteiger partial charge is 0.275 e. The van der Waals surface area contributed by atoms with Gasteiger partial charge in [-0.2, -0.15) is 10.4 Å². The highest BCUT2D eigenvalue weighted by atomic mass is 15.2. The second kappa shape index (κ2) is 3.82. The van der Waals surface area contributed by atoms with Crippen LogP contribution in [0, 0.1) is 11.3 Å². The van der Waals surface area contributed by atoms with E-state index in [2.05, 4.69) is 11.2 Å². The Morgan fingerprint density at radius 2 is 1.94 bits per heavy atom. The first-order valence-electron chi connectivity index (χ1n) is 5.13. The van der Waals surface area contributed by atoms with Crippen LogP contribution < -0.4 is 0 Å². The summed E-state index contributed by atoms with van der Waals surface area (Å²) in [4.78, 5) is 0. The Labute approximate surface area is 94.9 Å². The number of hydrogen-bond acceptors (Lipinski definition) is 2. The van der Waals surface area contributed by atoms with Crippen LogP contribution in [0.25, 0.3) is 0 Å². The highest BCUT2D eigenvalue weighted by Crippen LogP contribution is 2.30.